The molecule has 1 N–H and O–H groups in total. The third-order valence-electron chi connectivity index (χ3n) is 2.56. The van der Waals surface area contributed by atoms with Crippen LogP contribution in [0.5, 0.6) is 0 Å². The van der Waals surface area contributed by atoms with Crippen molar-refractivity contribution < 1.29 is 9.53 Å². The zero-order chi connectivity index (χ0) is 12.7. The van der Waals surface area contributed by atoms with Crippen LogP contribution in [0.25, 0.3) is 0 Å². The van der Waals surface area contributed by atoms with Gasteiger partial charge >= 0.3 is 0 Å². The van der Waals surface area contributed by atoms with Crippen molar-refractivity contribution in [1.82, 2.24) is 5.32 Å². The van der Waals surface area contributed by atoms with Gasteiger partial charge in [-0.25, -0.2) is 0 Å². The summed E-state index contributed by atoms with van der Waals surface area (Å²) in [5, 5.41) is 3.36. The van der Waals surface area contributed by atoms with Gasteiger partial charge in [0.15, 0.2) is 0 Å². The van der Waals surface area contributed by atoms with E-state index >= 15 is 0 Å². The number of thioether (sulfide) groups is 1. The quantitative estimate of drug-likeness (QED) is 0.761. The van der Waals surface area contributed by atoms with Crippen LogP contribution in [0.4, 0.5) is 0 Å². The standard InChI is InChI=1S/C7H15NS.C5H10O2/c1-7(9-2)3-5-8-6-4-7;1-5(2,3)7-4-6/h8H,3-6H2,1-2H3;4H,1-3H3. The van der Waals surface area contributed by atoms with Crippen LogP contribution in [0.3, 0.4) is 0 Å². The highest BCUT2D eigenvalue weighted by atomic mass is 32.2. The van der Waals surface area contributed by atoms with E-state index in [2.05, 4.69) is 23.2 Å². The first-order chi connectivity index (χ1) is 7.33. The van der Waals surface area contributed by atoms with Crippen molar-refractivity contribution in [3.8, 4) is 0 Å². The van der Waals surface area contributed by atoms with Crippen LogP contribution < -0.4 is 5.32 Å². The van der Waals surface area contributed by atoms with Gasteiger partial charge < -0.3 is 10.1 Å². The number of hydrogen-bond donors (Lipinski definition) is 1. The van der Waals surface area contributed by atoms with Crippen LogP contribution in [0.1, 0.15) is 40.5 Å². The van der Waals surface area contributed by atoms with Crippen LogP contribution in [0.2, 0.25) is 0 Å². The summed E-state index contributed by atoms with van der Waals surface area (Å²) in [7, 11) is 0. The summed E-state index contributed by atoms with van der Waals surface area (Å²) in [6.45, 7) is 10.7. The van der Waals surface area contributed by atoms with Crippen LogP contribution in [-0.4, -0.2) is 36.2 Å². The first-order valence-corrected chi connectivity index (χ1v) is 6.93. The zero-order valence-electron chi connectivity index (χ0n) is 11.1. The van der Waals surface area contributed by atoms with Crippen LogP contribution in [0.15, 0.2) is 0 Å². The summed E-state index contributed by atoms with van der Waals surface area (Å²) in [4.78, 5) is 9.60. The van der Waals surface area contributed by atoms with E-state index in [1.54, 1.807) is 0 Å². The number of carbonyl (C=O) groups is 1. The molecule has 0 saturated carbocycles. The fourth-order valence-corrected chi connectivity index (χ4v) is 1.92. The molecule has 1 aliphatic rings. The number of piperidine rings is 1. The Balaban J connectivity index is 0.000000293. The number of nitrogens with one attached hydrogen (secondary N) is 1. The van der Waals surface area contributed by atoms with Crippen LogP contribution in [0, 0.1) is 0 Å². The Hall–Kier alpha value is -0.220. The van der Waals surface area contributed by atoms with Crippen molar-refractivity contribution in [3.05, 3.63) is 0 Å². The van der Waals surface area contributed by atoms with Gasteiger partial charge in [-0.15, -0.1) is 0 Å². The Labute approximate surface area is 104 Å². The molecule has 0 amide bonds. The van der Waals surface area contributed by atoms with E-state index in [-0.39, 0.29) is 5.60 Å². The zero-order valence-corrected chi connectivity index (χ0v) is 11.9. The third kappa shape index (κ3) is 7.99. The van der Waals surface area contributed by atoms with E-state index in [4.69, 9.17) is 0 Å². The van der Waals surface area contributed by atoms with Gasteiger partial charge in [0, 0.05) is 4.75 Å². The summed E-state index contributed by atoms with van der Waals surface area (Å²) >= 11 is 2.01. The maximum atomic E-state index is 9.60. The van der Waals surface area contributed by atoms with Crippen LogP contribution >= 0.6 is 11.8 Å². The van der Waals surface area contributed by atoms with Crippen LogP contribution in [-0.2, 0) is 9.53 Å². The molecule has 1 saturated heterocycles. The molecule has 16 heavy (non-hydrogen) atoms. The highest BCUT2D eigenvalue weighted by Gasteiger charge is 2.24. The molecule has 0 aromatic carbocycles. The summed E-state index contributed by atoms with van der Waals surface area (Å²) in [6, 6.07) is 0. The molecule has 4 heteroatoms. The highest BCUT2D eigenvalue weighted by molar-refractivity contribution is 7.99. The van der Waals surface area contributed by atoms with Gasteiger partial charge in [-0.05, 0) is 53.0 Å². The minimum Gasteiger partial charge on any atom is -0.462 e. The largest absolute Gasteiger partial charge is 0.462 e. The second-order valence-electron chi connectivity index (χ2n) is 5.23. The second-order valence-corrected chi connectivity index (χ2v) is 6.62. The Bertz CT molecular complexity index is 196. The molecule has 0 unspecified atom stereocenters. The second kappa shape index (κ2) is 7.17. The van der Waals surface area contributed by atoms with Crippen molar-refractivity contribution in [3.63, 3.8) is 0 Å². The smallest absolute Gasteiger partial charge is 0.293 e. The molecule has 1 fully saturated rings. The van der Waals surface area contributed by atoms with Gasteiger partial charge in [0.2, 0.25) is 0 Å². The molecular formula is C12H25NO2S. The molecule has 0 aromatic rings. The lowest BCUT2D eigenvalue weighted by Gasteiger charge is -2.31. The van der Waals surface area contributed by atoms with Gasteiger partial charge in [0.25, 0.3) is 6.47 Å². The first kappa shape index (κ1) is 15.8. The summed E-state index contributed by atoms with van der Waals surface area (Å²) < 4.78 is 5.12. The van der Waals surface area contributed by atoms with E-state index in [0.717, 1.165) is 0 Å². The van der Waals surface area contributed by atoms with Gasteiger partial charge in [-0.2, -0.15) is 11.8 Å². The van der Waals surface area contributed by atoms with E-state index in [1.165, 1.54) is 25.9 Å². The Kier molecular flexibility index (Phi) is 7.07. The normalized spacial score (nSPS) is 19.3. The van der Waals surface area contributed by atoms with Gasteiger partial charge in [0.1, 0.15) is 5.60 Å². The molecule has 0 radical (unpaired) electrons. The van der Waals surface area contributed by atoms with E-state index in [9.17, 15) is 4.79 Å². The molecular weight excluding hydrogens is 222 g/mol. The highest BCUT2D eigenvalue weighted by Crippen LogP contribution is 2.30. The van der Waals surface area contributed by atoms with Gasteiger partial charge in [-0.3, -0.25) is 4.79 Å². The molecule has 0 spiro atoms. The summed E-state index contributed by atoms with van der Waals surface area (Å²) in [6.07, 6.45) is 4.87. The molecule has 96 valence electrons. The summed E-state index contributed by atoms with van der Waals surface area (Å²) in [5.74, 6) is 0. The average molecular weight is 247 g/mol. The fourth-order valence-electron chi connectivity index (χ4n) is 1.30. The van der Waals surface area contributed by atoms with Crippen molar-refractivity contribution in [1.29, 1.82) is 0 Å². The lowest BCUT2D eigenvalue weighted by atomic mass is 10.00. The SMILES string of the molecule is CC(C)(C)OC=O.CSC1(C)CCNCC1. The fraction of sp³-hybridized carbons (Fsp3) is 0.917. The topological polar surface area (TPSA) is 38.3 Å². The maximum absolute atomic E-state index is 9.60. The van der Waals surface area contributed by atoms with Crippen molar-refractivity contribution in [2.24, 2.45) is 0 Å². The predicted octanol–water partition coefficient (Wildman–Crippen LogP) is 2.45. The lowest BCUT2D eigenvalue weighted by molar-refractivity contribution is -0.138. The first-order valence-electron chi connectivity index (χ1n) is 5.70. The van der Waals surface area contributed by atoms with E-state index in [0.29, 0.717) is 11.2 Å². The summed E-state index contributed by atoms with van der Waals surface area (Å²) in [5.41, 5.74) is -0.318. The molecule has 0 bridgehead atoms. The molecule has 0 aliphatic carbocycles. The molecule has 0 atom stereocenters. The minimum absolute atomic E-state index is 0.318. The average Bonchev–Trinajstić information content (AvgIpc) is 2.18. The third-order valence-corrected chi connectivity index (χ3v) is 3.95. The number of ether oxygens (including phenoxy) is 1. The number of rotatable bonds is 2. The van der Waals surface area contributed by atoms with Gasteiger partial charge in [0.05, 0.1) is 0 Å². The predicted molar refractivity (Wildman–Crippen MR) is 70.9 cm³/mol. The number of carbonyl (C=O) groups excluding carboxylic acids is 1. The Morgan fingerprint density at radius 2 is 1.81 bits per heavy atom. The van der Waals surface area contributed by atoms with Crippen molar-refractivity contribution in [2.45, 2.75) is 50.9 Å². The van der Waals surface area contributed by atoms with E-state index in [1.807, 2.05) is 32.5 Å². The van der Waals surface area contributed by atoms with Crippen molar-refractivity contribution >= 4 is 18.2 Å². The van der Waals surface area contributed by atoms with Crippen molar-refractivity contribution in [2.75, 3.05) is 19.3 Å². The molecule has 1 aliphatic heterocycles. The minimum atomic E-state index is -0.318. The Morgan fingerprint density at radius 1 is 1.31 bits per heavy atom. The molecule has 3 nitrogen and oxygen atoms in total. The number of hydrogen-bond acceptors (Lipinski definition) is 4. The monoisotopic (exact) mass is 247 g/mol. The lowest BCUT2D eigenvalue weighted by Crippen LogP contribution is -2.36. The Morgan fingerprint density at radius 3 is 2.00 bits per heavy atom. The maximum Gasteiger partial charge on any atom is 0.293 e. The molecule has 1 rings (SSSR count). The molecule has 1 heterocycles. The van der Waals surface area contributed by atoms with E-state index < -0.39 is 0 Å². The molecule has 0 aromatic heterocycles. The van der Waals surface area contributed by atoms with Gasteiger partial charge in [-0.1, -0.05) is 6.92 Å².